The zero-order chi connectivity index (χ0) is 10.8. The van der Waals surface area contributed by atoms with Gasteiger partial charge in [0.2, 0.25) is 0 Å². The van der Waals surface area contributed by atoms with E-state index in [1.165, 1.54) is 0 Å². The number of aliphatic hydroxyl groups is 1. The Morgan fingerprint density at radius 2 is 2.20 bits per heavy atom. The van der Waals surface area contributed by atoms with Crippen molar-refractivity contribution in [3.8, 4) is 5.69 Å². The normalized spacial score (nSPS) is 10.6. The van der Waals surface area contributed by atoms with Crippen LogP contribution in [0, 0.1) is 13.8 Å². The summed E-state index contributed by atoms with van der Waals surface area (Å²) in [6, 6.07) is 1.87. The summed E-state index contributed by atoms with van der Waals surface area (Å²) < 4.78 is 1.96. The molecule has 1 N–H and O–H groups in total. The Kier molecular flexibility index (Phi) is 2.51. The molecule has 0 saturated carbocycles. The molecule has 0 aliphatic rings. The lowest BCUT2D eigenvalue weighted by Gasteiger charge is -2.09. The van der Waals surface area contributed by atoms with Gasteiger partial charge >= 0.3 is 0 Å². The van der Waals surface area contributed by atoms with Crippen molar-refractivity contribution in [1.29, 1.82) is 0 Å². The number of imidazole rings is 1. The third kappa shape index (κ3) is 1.64. The largest absolute Gasteiger partial charge is 0.392 e. The number of aliphatic hydroxyl groups excluding tert-OH is 1. The molecule has 2 heterocycles. The first-order chi connectivity index (χ1) is 7.24. The first kappa shape index (κ1) is 9.86. The lowest BCUT2D eigenvalue weighted by molar-refractivity contribution is 0.281. The van der Waals surface area contributed by atoms with Gasteiger partial charge in [0, 0.05) is 23.7 Å². The Morgan fingerprint density at radius 3 is 2.80 bits per heavy atom. The second kappa shape index (κ2) is 3.82. The highest BCUT2D eigenvalue weighted by molar-refractivity contribution is 5.40. The lowest BCUT2D eigenvalue weighted by Crippen LogP contribution is -2.01. The zero-order valence-corrected chi connectivity index (χ0v) is 8.81. The van der Waals surface area contributed by atoms with E-state index in [-0.39, 0.29) is 6.61 Å². The Bertz CT molecular complexity index is 476. The molecule has 0 atom stereocenters. The molecule has 2 aromatic rings. The molecule has 0 saturated heterocycles. The van der Waals surface area contributed by atoms with Crippen LogP contribution >= 0.6 is 0 Å². The SMILES string of the molecule is Cc1ncn(-c2ccncc2CO)c1C. The van der Waals surface area contributed by atoms with Gasteiger partial charge in [-0.25, -0.2) is 4.98 Å². The van der Waals surface area contributed by atoms with Gasteiger partial charge in [-0.05, 0) is 19.9 Å². The van der Waals surface area contributed by atoms with Crippen molar-refractivity contribution in [3.05, 3.63) is 41.7 Å². The van der Waals surface area contributed by atoms with Crippen molar-refractivity contribution >= 4 is 0 Å². The van der Waals surface area contributed by atoms with Gasteiger partial charge in [-0.15, -0.1) is 0 Å². The maximum Gasteiger partial charge on any atom is 0.0997 e. The van der Waals surface area contributed by atoms with Gasteiger partial charge in [-0.1, -0.05) is 0 Å². The van der Waals surface area contributed by atoms with Crippen LogP contribution in [0.2, 0.25) is 0 Å². The number of aromatic nitrogens is 3. The van der Waals surface area contributed by atoms with Gasteiger partial charge in [0.05, 0.1) is 24.3 Å². The van der Waals surface area contributed by atoms with Crippen LogP contribution in [0.5, 0.6) is 0 Å². The van der Waals surface area contributed by atoms with E-state index in [2.05, 4.69) is 9.97 Å². The van der Waals surface area contributed by atoms with Crippen LogP contribution in [-0.2, 0) is 6.61 Å². The standard InChI is InChI=1S/C11H13N3O/c1-8-9(2)14(7-13-8)11-3-4-12-5-10(11)6-15/h3-5,7,15H,6H2,1-2H3. The number of aryl methyl sites for hydroxylation is 1. The number of hydrogen-bond acceptors (Lipinski definition) is 3. The predicted molar refractivity (Wildman–Crippen MR) is 56.8 cm³/mol. The molecule has 0 spiro atoms. The van der Waals surface area contributed by atoms with Gasteiger partial charge < -0.3 is 9.67 Å². The molecule has 78 valence electrons. The minimum absolute atomic E-state index is 0.0140. The Morgan fingerprint density at radius 1 is 1.40 bits per heavy atom. The molecular weight excluding hydrogens is 190 g/mol. The molecule has 0 aromatic carbocycles. The van der Waals surface area contributed by atoms with Crippen LogP contribution in [0.25, 0.3) is 5.69 Å². The fourth-order valence-electron chi connectivity index (χ4n) is 1.52. The third-order valence-corrected chi connectivity index (χ3v) is 2.56. The molecule has 0 amide bonds. The van der Waals surface area contributed by atoms with Gasteiger partial charge in [-0.2, -0.15) is 0 Å². The zero-order valence-electron chi connectivity index (χ0n) is 8.81. The second-order valence-electron chi connectivity index (χ2n) is 3.45. The van der Waals surface area contributed by atoms with E-state index in [9.17, 15) is 5.11 Å². The van der Waals surface area contributed by atoms with Gasteiger partial charge in [0.15, 0.2) is 0 Å². The molecule has 2 rings (SSSR count). The van der Waals surface area contributed by atoms with Crippen LogP contribution < -0.4 is 0 Å². The molecule has 15 heavy (non-hydrogen) atoms. The molecule has 2 aromatic heterocycles. The summed E-state index contributed by atoms with van der Waals surface area (Å²) in [6.45, 7) is 3.95. The highest BCUT2D eigenvalue weighted by Gasteiger charge is 2.07. The smallest absolute Gasteiger partial charge is 0.0997 e. The number of rotatable bonds is 2. The maximum absolute atomic E-state index is 9.20. The molecule has 4 nitrogen and oxygen atoms in total. The van der Waals surface area contributed by atoms with E-state index in [1.54, 1.807) is 18.7 Å². The summed E-state index contributed by atoms with van der Waals surface area (Å²) in [5.74, 6) is 0. The van der Waals surface area contributed by atoms with E-state index in [0.717, 1.165) is 22.6 Å². The number of nitrogens with zero attached hydrogens (tertiary/aromatic N) is 3. The van der Waals surface area contributed by atoms with Crippen molar-refractivity contribution in [3.63, 3.8) is 0 Å². The molecule has 4 heteroatoms. The minimum atomic E-state index is -0.0140. The van der Waals surface area contributed by atoms with Crippen molar-refractivity contribution < 1.29 is 5.11 Å². The molecular formula is C11H13N3O. The fourth-order valence-corrected chi connectivity index (χ4v) is 1.52. The topological polar surface area (TPSA) is 50.9 Å². The molecule has 0 aliphatic carbocycles. The monoisotopic (exact) mass is 203 g/mol. The summed E-state index contributed by atoms with van der Waals surface area (Å²) in [5.41, 5.74) is 3.82. The van der Waals surface area contributed by atoms with Crippen molar-refractivity contribution in [2.24, 2.45) is 0 Å². The summed E-state index contributed by atoms with van der Waals surface area (Å²) in [7, 11) is 0. The Balaban J connectivity index is 2.58. The highest BCUT2D eigenvalue weighted by Crippen LogP contribution is 2.16. The van der Waals surface area contributed by atoms with Gasteiger partial charge in [0.1, 0.15) is 0 Å². The van der Waals surface area contributed by atoms with Gasteiger partial charge in [0.25, 0.3) is 0 Å². The first-order valence-corrected chi connectivity index (χ1v) is 4.78. The van der Waals surface area contributed by atoms with E-state index in [4.69, 9.17) is 0 Å². The number of hydrogen-bond donors (Lipinski definition) is 1. The molecule has 0 bridgehead atoms. The second-order valence-corrected chi connectivity index (χ2v) is 3.45. The van der Waals surface area contributed by atoms with E-state index in [0.29, 0.717) is 0 Å². The van der Waals surface area contributed by atoms with Crippen LogP contribution in [0.4, 0.5) is 0 Å². The molecule has 0 radical (unpaired) electrons. The average molecular weight is 203 g/mol. The predicted octanol–water partition coefficient (Wildman–Crippen LogP) is 1.38. The van der Waals surface area contributed by atoms with E-state index < -0.39 is 0 Å². The lowest BCUT2D eigenvalue weighted by atomic mass is 10.2. The summed E-state index contributed by atoms with van der Waals surface area (Å²) >= 11 is 0. The van der Waals surface area contributed by atoms with Gasteiger partial charge in [-0.3, -0.25) is 4.98 Å². The van der Waals surface area contributed by atoms with Crippen LogP contribution in [-0.4, -0.2) is 19.6 Å². The molecule has 0 aliphatic heterocycles. The van der Waals surface area contributed by atoms with Crippen molar-refractivity contribution in [1.82, 2.24) is 14.5 Å². The summed E-state index contributed by atoms with van der Waals surface area (Å²) in [6.07, 6.45) is 5.15. The quantitative estimate of drug-likeness (QED) is 0.802. The Hall–Kier alpha value is -1.68. The fraction of sp³-hybridized carbons (Fsp3) is 0.273. The van der Waals surface area contributed by atoms with Crippen LogP contribution in [0.3, 0.4) is 0 Å². The van der Waals surface area contributed by atoms with E-state index in [1.807, 2.05) is 24.5 Å². The minimum Gasteiger partial charge on any atom is -0.392 e. The molecule has 0 unspecified atom stereocenters. The van der Waals surface area contributed by atoms with Crippen LogP contribution in [0.1, 0.15) is 17.0 Å². The van der Waals surface area contributed by atoms with E-state index >= 15 is 0 Å². The first-order valence-electron chi connectivity index (χ1n) is 4.78. The molecule has 0 fully saturated rings. The summed E-state index contributed by atoms with van der Waals surface area (Å²) in [4.78, 5) is 8.21. The average Bonchev–Trinajstić information content (AvgIpc) is 2.60. The number of pyridine rings is 1. The third-order valence-electron chi connectivity index (χ3n) is 2.56. The van der Waals surface area contributed by atoms with Crippen molar-refractivity contribution in [2.45, 2.75) is 20.5 Å². The summed E-state index contributed by atoms with van der Waals surface area (Å²) in [5, 5.41) is 9.20. The maximum atomic E-state index is 9.20. The van der Waals surface area contributed by atoms with Crippen molar-refractivity contribution in [2.75, 3.05) is 0 Å². The Labute approximate surface area is 88.2 Å². The van der Waals surface area contributed by atoms with Crippen LogP contribution in [0.15, 0.2) is 24.8 Å². The highest BCUT2D eigenvalue weighted by atomic mass is 16.3.